The minimum atomic E-state index is -0.878. The van der Waals surface area contributed by atoms with Gasteiger partial charge in [-0.15, -0.1) is 0 Å². The maximum absolute atomic E-state index is 12.8. The highest BCUT2D eigenvalue weighted by Crippen LogP contribution is 2.23. The van der Waals surface area contributed by atoms with E-state index in [0.29, 0.717) is 11.4 Å². The summed E-state index contributed by atoms with van der Waals surface area (Å²) >= 11 is 0. The molecule has 2 amide bonds. The summed E-state index contributed by atoms with van der Waals surface area (Å²) in [5, 5.41) is 0. The Bertz CT molecular complexity index is 819. The molecule has 0 saturated carbocycles. The molecule has 0 spiro atoms. The summed E-state index contributed by atoms with van der Waals surface area (Å²) in [6.45, 7) is 1.70. The van der Waals surface area contributed by atoms with E-state index in [1.807, 2.05) is 18.2 Å². The van der Waals surface area contributed by atoms with Crippen molar-refractivity contribution in [2.45, 2.75) is 19.4 Å². The lowest BCUT2D eigenvalue weighted by molar-refractivity contribution is -0.121. The van der Waals surface area contributed by atoms with Crippen molar-refractivity contribution in [2.75, 3.05) is 4.90 Å². The average Bonchev–Trinajstić information content (AvgIpc) is 2.86. The van der Waals surface area contributed by atoms with Crippen LogP contribution in [0.5, 0.6) is 0 Å². The molecule has 114 valence electrons. The monoisotopic (exact) mass is 300 g/mol. The van der Waals surface area contributed by atoms with Crippen LogP contribution in [0.25, 0.3) is 5.69 Å². The van der Waals surface area contributed by atoms with Gasteiger partial charge in [0, 0.05) is 7.05 Å². The number of benzene rings is 1. The quantitative estimate of drug-likeness (QED) is 0.795. The first-order valence-electron chi connectivity index (χ1n) is 6.90. The Morgan fingerprint density at radius 1 is 1.14 bits per heavy atom. The van der Waals surface area contributed by atoms with Gasteiger partial charge in [-0.2, -0.15) is 0 Å². The van der Waals surface area contributed by atoms with Crippen molar-refractivity contribution in [3.63, 3.8) is 0 Å². The van der Waals surface area contributed by atoms with E-state index in [4.69, 9.17) is 5.73 Å². The number of hydrogen-bond acceptors (Lipinski definition) is 4. The molecule has 1 aliphatic rings. The van der Waals surface area contributed by atoms with E-state index < -0.39 is 23.4 Å². The summed E-state index contributed by atoms with van der Waals surface area (Å²) in [7, 11) is 1.71. The predicted molar refractivity (Wildman–Crippen MR) is 80.8 cm³/mol. The Balaban J connectivity index is 2.22. The van der Waals surface area contributed by atoms with Crippen molar-refractivity contribution >= 4 is 17.5 Å². The van der Waals surface area contributed by atoms with Gasteiger partial charge in [-0.1, -0.05) is 18.2 Å². The third kappa shape index (κ3) is 1.90. The van der Waals surface area contributed by atoms with Gasteiger partial charge in [-0.25, -0.2) is 9.58 Å². The van der Waals surface area contributed by atoms with Gasteiger partial charge in [0.25, 0.3) is 11.5 Å². The van der Waals surface area contributed by atoms with Crippen LogP contribution in [0, 0.1) is 6.92 Å². The Hall–Kier alpha value is -2.67. The first kappa shape index (κ1) is 14.3. The molecule has 1 aromatic heterocycles. The molecule has 1 atom stereocenters. The van der Waals surface area contributed by atoms with E-state index in [1.165, 1.54) is 4.68 Å². The lowest BCUT2D eigenvalue weighted by Gasteiger charge is -2.12. The summed E-state index contributed by atoms with van der Waals surface area (Å²) in [4.78, 5) is 37.8. The Labute approximate surface area is 126 Å². The van der Waals surface area contributed by atoms with Gasteiger partial charge >= 0.3 is 0 Å². The van der Waals surface area contributed by atoms with E-state index >= 15 is 0 Å². The normalized spacial score (nSPS) is 18.3. The van der Waals surface area contributed by atoms with E-state index in [0.717, 1.165) is 4.90 Å². The van der Waals surface area contributed by atoms with Crippen molar-refractivity contribution < 1.29 is 9.59 Å². The lowest BCUT2D eigenvalue weighted by Crippen LogP contribution is -2.38. The maximum atomic E-state index is 12.8. The topological polar surface area (TPSA) is 90.3 Å². The molecule has 2 heterocycles. The van der Waals surface area contributed by atoms with Crippen molar-refractivity contribution in [3.8, 4) is 5.69 Å². The molecule has 1 aliphatic heterocycles. The van der Waals surface area contributed by atoms with Gasteiger partial charge in [0.15, 0.2) is 0 Å². The lowest BCUT2D eigenvalue weighted by atomic mass is 10.3. The second-order valence-electron chi connectivity index (χ2n) is 5.29. The van der Waals surface area contributed by atoms with Crippen LogP contribution in [0.3, 0.4) is 0 Å². The second kappa shape index (κ2) is 4.96. The molecule has 7 nitrogen and oxygen atoms in total. The van der Waals surface area contributed by atoms with Crippen LogP contribution < -0.4 is 16.2 Å². The standard InChI is InChI=1S/C15H16N4O3/c1-9-13(18-12(20)8-11(16)14(18)21)15(22)19(17(9)2)10-6-4-3-5-7-10/h3-7,11H,8,16H2,1-2H3/t11-/m0/s1. The molecule has 2 aromatic rings. The second-order valence-corrected chi connectivity index (χ2v) is 5.29. The minimum Gasteiger partial charge on any atom is -0.319 e. The zero-order valence-electron chi connectivity index (χ0n) is 12.3. The largest absolute Gasteiger partial charge is 0.319 e. The van der Waals surface area contributed by atoms with Crippen LogP contribution in [-0.2, 0) is 16.6 Å². The molecule has 3 rings (SSSR count). The number of hydrogen-bond donors (Lipinski definition) is 1. The van der Waals surface area contributed by atoms with Gasteiger partial charge in [0.1, 0.15) is 5.69 Å². The van der Waals surface area contributed by atoms with Crippen molar-refractivity contribution in [3.05, 3.63) is 46.4 Å². The number of rotatable bonds is 2. The van der Waals surface area contributed by atoms with Crippen molar-refractivity contribution in [1.82, 2.24) is 9.36 Å². The van der Waals surface area contributed by atoms with Crippen LogP contribution in [0.4, 0.5) is 5.69 Å². The Morgan fingerprint density at radius 3 is 2.32 bits per heavy atom. The summed E-state index contributed by atoms with van der Waals surface area (Å²) < 4.78 is 3.05. The van der Waals surface area contributed by atoms with Crippen molar-refractivity contribution in [1.29, 1.82) is 0 Å². The number of amides is 2. The Kier molecular flexibility index (Phi) is 3.22. The molecule has 0 radical (unpaired) electrons. The van der Waals surface area contributed by atoms with E-state index in [2.05, 4.69) is 0 Å². The van der Waals surface area contributed by atoms with Crippen LogP contribution >= 0.6 is 0 Å². The molecule has 0 aliphatic carbocycles. The molecular formula is C15H16N4O3. The number of anilines is 1. The van der Waals surface area contributed by atoms with E-state index in [1.54, 1.807) is 30.8 Å². The highest BCUT2D eigenvalue weighted by Gasteiger charge is 2.40. The van der Waals surface area contributed by atoms with Crippen LogP contribution in [-0.4, -0.2) is 27.2 Å². The fourth-order valence-corrected chi connectivity index (χ4v) is 2.70. The van der Waals surface area contributed by atoms with E-state index in [9.17, 15) is 14.4 Å². The van der Waals surface area contributed by atoms with Crippen LogP contribution in [0.2, 0.25) is 0 Å². The molecular weight excluding hydrogens is 284 g/mol. The number of carbonyl (C=O) groups excluding carboxylic acids is 2. The smallest absolute Gasteiger partial charge is 0.296 e. The Morgan fingerprint density at radius 2 is 1.77 bits per heavy atom. The molecule has 1 saturated heterocycles. The van der Waals surface area contributed by atoms with Gasteiger partial charge in [0.2, 0.25) is 5.91 Å². The zero-order chi connectivity index (χ0) is 16.0. The highest BCUT2D eigenvalue weighted by molar-refractivity contribution is 6.22. The highest BCUT2D eigenvalue weighted by atomic mass is 16.2. The SMILES string of the molecule is Cc1c(N2C(=O)C[C@H](N)C2=O)c(=O)n(-c2ccccc2)n1C. The average molecular weight is 300 g/mol. The molecule has 0 unspecified atom stereocenters. The molecule has 0 bridgehead atoms. The zero-order valence-corrected chi connectivity index (χ0v) is 12.3. The van der Waals surface area contributed by atoms with Gasteiger partial charge < -0.3 is 5.73 Å². The van der Waals surface area contributed by atoms with E-state index in [-0.39, 0.29) is 12.1 Å². The number of nitrogens with two attached hydrogens (primary N) is 1. The first-order valence-corrected chi connectivity index (χ1v) is 6.90. The van der Waals surface area contributed by atoms with Gasteiger partial charge in [0.05, 0.1) is 23.8 Å². The van der Waals surface area contributed by atoms with Gasteiger partial charge in [-0.05, 0) is 19.1 Å². The molecule has 7 heteroatoms. The molecule has 2 N–H and O–H groups in total. The summed E-state index contributed by atoms with van der Waals surface area (Å²) in [6.07, 6.45) is -0.0715. The summed E-state index contributed by atoms with van der Waals surface area (Å²) in [5.41, 5.74) is 6.48. The summed E-state index contributed by atoms with van der Waals surface area (Å²) in [6, 6.07) is 8.15. The molecule has 22 heavy (non-hydrogen) atoms. The maximum Gasteiger partial charge on any atom is 0.296 e. The molecule has 1 fully saturated rings. The third-order valence-electron chi connectivity index (χ3n) is 3.93. The third-order valence-corrected chi connectivity index (χ3v) is 3.93. The first-order chi connectivity index (χ1) is 10.4. The number of para-hydroxylation sites is 1. The number of carbonyl (C=O) groups is 2. The minimum absolute atomic E-state index is 0.0715. The predicted octanol–water partition coefficient (Wildman–Crippen LogP) is 0.0750. The number of imide groups is 1. The summed E-state index contributed by atoms with van der Waals surface area (Å²) in [5.74, 6) is -0.973. The fourth-order valence-electron chi connectivity index (χ4n) is 2.70. The van der Waals surface area contributed by atoms with Crippen LogP contribution in [0.1, 0.15) is 12.1 Å². The van der Waals surface area contributed by atoms with Crippen LogP contribution in [0.15, 0.2) is 35.1 Å². The number of nitrogens with zero attached hydrogens (tertiary/aromatic N) is 3. The van der Waals surface area contributed by atoms with Gasteiger partial charge in [-0.3, -0.25) is 19.1 Å². The number of aromatic nitrogens is 2. The fraction of sp³-hybridized carbons (Fsp3) is 0.267. The molecule has 1 aromatic carbocycles. The van der Waals surface area contributed by atoms with Crippen molar-refractivity contribution in [2.24, 2.45) is 12.8 Å².